The molecule has 0 aliphatic rings. The fraction of sp³-hybridized carbons (Fsp3) is 0.375. The molecule has 2 N–H and O–H groups in total. The van der Waals surface area contributed by atoms with Crippen LogP contribution in [0.25, 0.3) is 0 Å². The third-order valence-corrected chi connectivity index (χ3v) is 4.54. The van der Waals surface area contributed by atoms with Crippen LogP contribution in [0.5, 0.6) is 5.75 Å². The number of nitrogens with zero attached hydrogens (tertiary/aromatic N) is 2. The Morgan fingerprint density at radius 2 is 2.12 bits per heavy atom. The van der Waals surface area contributed by atoms with Crippen LogP contribution in [0.15, 0.2) is 28.6 Å². The molecule has 10 heteroatoms. The van der Waals surface area contributed by atoms with Gasteiger partial charge in [-0.3, -0.25) is 4.99 Å². The minimum Gasteiger partial charge on any atom is -0.496 e. The second kappa shape index (κ2) is 9.09. The van der Waals surface area contributed by atoms with Crippen LogP contribution in [-0.2, 0) is 19.1 Å². The van der Waals surface area contributed by atoms with Crippen molar-refractivity contribution >= 4 is 28.9 Å². The van der Waals surface area contributed by atoms with Crippen LogP contribution in [0.2, 0.25) is 5.02 Å². The van der Waals surface area contributed by atoms with E-state index in [9.17, 15) is 13.2 Å². The van der Waals surface area contributed by atoms with Crippen molar-refractivity contribution in [2.24, 2.45) is 4.99 Å². The van der Waals surface area contributed by atoms with Gasteiger partial charge < -0.3 is 15.4 Å². The summed E-state index contributed by atoms with van der Waals surface area (Å²) in [5, 5.41) is 8.17. The Balaban J connectivity index is 1.84. The minimum atomic E-state index is -4.41. The number of nitrogens with one attached hydrogen (secondary N) is 2. The molecule has 2 aromatic rings. The number of hydrogen-bond donors (Lipinski definition) is 2. The number of aromatic nitrogens is 1. The predicted molar refractivity (Wildman–Crippen MR) is 97.0 cm³/mol. The van der Waals surface area contributed by atoms with Crippen molar-refractivity contribution in [1.82, 2.24) is 15.6 Å². The van der Waals surface area contributed by atoms with Crippen molar-refractivity contribution in [2.45, 2.75) is 19.1 Å². The van der Waals surface area contributed by atoms with Gasteiger partial charge in [0, 0.05) is 42.5 Å². The highest BCUT2D eigenvalue weighted by atomic mass is 35.5. The fourth-order valence-electron chi connectivity index (χ4n) is 2.11. The van der Waals surface area contributed by atoms with Gasteiger partial charge >= 0.3 is 6.18 Å². The van der Waals surface area contributed by atoms with Crippen molar-refractivity contribution in [1.29, 1.82) is 0 Å². The van der Waals surface area contributed by atoms with Crippen LogP contribution in [-0.4, -0.2) is 31.6 Å². The molecule has 0 saturated carbocycles. The lowest BCUT2D eigenvalue weighted by Crippen LogP contribution is -2.37. The Bertz CT molecular complexity index is 764. The average molecular weight is 407 g/mol. The van der Waals surface area contributed by atoms with Gasteiger partial charge in [-0.2, -0.15) is 13.2 Å². The molecule has 1 heterocycles. The second-order valence-electron chi connectivity index (χ2n) is 5.18. The molecule has 0 radical (unpaired) electrons. The molecule has 0 saturated heterocycles. The Kier molecular flexibility index (Phi) is 7.10. The number of halogens is 4. The van der Waals surface area contributed by atoms with Crippen LogP contribution in [0.3, 0.4) is 0 Å². The molecule has 0 spiro atoms. The zero-order valence-electron chi connectivity index (χ0n) is 14.2. The van der Waals surface area contributed by atoms with Crippen LogP contribution < -0.4 is 15.4 Å². The third kappa shape index (κ3) is 5.77. The minimum absolute atomic E-state index is 0.367. The van der Waals surface area contributed by atoms with Gasteiger partial charge in [0.15, 0.2) is 11.7 Å². The first kappa shape index (κ1) is 20.3. The number of methoxy groups -OCH3 is 1. The van der Waals surface area contributed by atoms with E-state index < -0.39 is 11.9 Å². The van der Waals surface area contributed by atoms with Crippen molar-refractivity contribution in [2.75, 3.05) is 20.7 Å². The summed E-state index contributed by atoms with van der Waals surface area (Å²) < 4.78 is 42.9. The molecule has 0 fully saturated rings. The van der Waals surface area contributed by atoms with Gasteiger partial charge in [0.1, 0.15) is 5.75 Å². The zero-order valence-corrected chi connectivity index (χ0v) is 15.7. The molecule has 0 bridgehead atoms. The van der Waals surface area contributed by atoms with Gasteiger partial charge in [0.25, 0.3) is 0 Å². The Morgan fingerprint density at radius 1 is 1.35 bits per heavy atom. The number of ether oxygens (including phenoxy) is 1. The lowest BCUT2D eigenvalue weighted by Gasteiger charge is -2.13. The van der Waals surface area contributed by atoms with E-state index in [1.54, 1.807) is 26.3 Å². The lowest BCUT2D eigenvalue weighted by molar-refractivity contribution is -0.140. The molecule has 142 valence electrons. The number of aliphatic imine (C=N–C) groups is 1. The fourth-order valence-corrected chi connectivity index (χ4v) is 3.07. The SMILES string of the molecule is CN=C(NCCc1nc(C(F)(F)F)cs1)NCc1ccc(Cl)cc1OC. The van der Waals surface area contributed by atoms with E-state index in [-0.39, 0.29) is 0 Å². The van der Waals surface area contributed by atoms with E-state index in [0.29, 0.717) is 41.2 Å². The van der Waals surface area contributed by atoms with Gasteiger partial charge in [0.05, 0.1) is 12.1 Å². The van der Waals surface area contributed by atoms with Crippen LogP contribution in [0, 0.1) is 0 Å². The average Bonchev–Trinajstić information content (AvgIpc) is 3.08. The number of rotatable bonds is 6. The van der Waals surface area contributed by atoms with Crippen molar-refractivity contribution in [3.8, 4) is 5.75 Å². The zero-order chi connectivity index (χ0) is 19.2. The summed E-state index contributed by atoms with van der Waals surface area (Å²) in [7, 11) is 3.17. The lowest BCUT2D eigenvalue weighted by atomic mass is 10.2. The normalized spacial score (nSPS) is 12.2. The summed E-state index contributed by atoms with van der Waals surface area (Å²) in [6.07, 6.45) is -4.04. The van der Waals surface area contributed by atoms with Gasteiger partial charge in [0.2, 0.25) is 0 Å². The van der Waals surface area contributed by atoms with Gasteiger partial charge in [-0.1, -0.05) is 17.7 Å². The van der Waals surface area contributed by atoms with Gasteiger partial charge in [-0.05, 0) is 12.1 Å². The summed E-state index contributed by atoms with van der Waals surface area (Å²) in [4.78, 5) is 7.68. The molecular formula is C16H18ClF3N4OS. The van der Waals surface area contributed by atoms with Crippen LogP contribution in [0.1, 0.15) is 16.3 Å². The Labute approximate surface area is 158 Å². The van der Waals surface area contributed by atoms with Crippen molar-refractivity contribution in [3.63, 3.8) is 0 Å². The maximum Gasteiger partial charge on any atom is 0.434 e. The maximum atomic E-state index is 12.5. The van der Waals surface area contributed by atoms with E-state index in [1.165, 1.54) is 0 Å². The Morgan fingerprint density at radius 3 is 2.73 bits per heavy atom. The first-order valence-corrected chi connectivity index (χ1v) is 8.87. The molecule has 0 amide bonds. The highest BCUT2D eigenvalue weighted by Crippen LogP contribution is 2.30. The molecule has 0 unspecified atom stereocenters. The summed E-state index contributed by atoms with van der Waals surface area (Å²) in [6.45, 7) is 0.859. The number of benzene rings is 1. The molecule has 0 aliphatic heterocycles. The summed E-state index contributed by atoms with van der Waals surface area (Å²) in [5.41, 5.74) is 0.0458. The maximum absolute atomic E-state index is 12.5. The molecule has 5 nitrogen and oxygen atoms in total. The van der Waals surface area contributed by atoms with E-state index in [2.05, 4.69) is 20.6 Å². The molecular weight excluding hydrogens is 389 g/mol. The molecule has 1 aromatic carbocycles. The molecule has 0 aliphatic carbocycles. The van der Waals surface area contributed by atoms with E-state index >= 15 is 0 Å². The first-order valence-electron chi connectivity index (χ1n) is 7.62. The second-order valence-corrected chi connectivity index (χ2v) is 6.56. The summed E-state index contributed by atoms with van der Waals surface area (Å²) in [5.74, 6) is 1.18. The molecule has 0 atom stereocenters. The molecule has 26 heavy (non-hydrogen) atoms. The van der Waals surface area contributed by atoms with E-state index in [4.69, 9.17) is 16.3 Å². The smallest absolute Gasteiger partial charge is 0.434 e. The van der Waals surface area contributed by atoms with Crippen LogP contribution >= 0.6 is 22.9 Å². The predicted octanol–water partition coefficient (Wildman–Crippen LogP) is 3.73. The number of hydrogen-bond acceptors (Lipinski definition) is 4. The standard InChI is InChI=1S/C16H18ClF3N4OS/c1-21-15(23-8-10-3-4-11(17)7-12(10)25-2)22-6-5-14-24-13(9-26-14)16(18,19)20/h3-4,7,9H,5-6,8H2,1-2H3,(H2,21,22,23). The number of alkyl halides is 3. The first-order chi connectivity index (χ1) is 12.3. The van der Waals surface area contributed by atoms with Crippen LogP contribution in [0.4, 0.5) is 13.2 Å². The topological polar surface area (TPSA) is 58.5 Å². The number of thiazole rings is 1. The summed E-state index contributed by atoms with van der Waals surface area (Å²) in [6, 6.07) is 5.32. The van der Waals surface area contributed by atoms with Gasteiger partial charge in [-0.15, -0.1) is 11.3 Å². The highest BCUT2D eigenvalue weighted by molar-refractivity contribution is 7.09. The molecule has 2 rings (SSSR count). The van der Waals surface area contributed by atoms with Gasteiger partial charge in [-0.25, -0.2) is 4.98 Å². The summed E-state index contributed by atoms with van der Waals surface area (Å²) >= 11 is 6.92. The van der Waals surface area contributed by atoms with E-state index in [1.807, 2.05) is 6.07 Å². The monoisotopic (exact) mass is 406 g/mol. The van der Waals surface area contributed by atoms with Crippen molar-refractivity contribution < 1.29 is 17.9 Å². The Hall–Kier alpha value is -2.00. The van der Waals surface area contributed by atoms with Crippen molar-refractivity contribution in [3.05, 3.63) is 44.9 Å². The highest BCUT2D eigenvalue weighted by Gasteiger charge is 2.33. The molecule has 1 aromatic heterocycles. The van der Waals surface area contributed by atoms with E-state index in [0.717, 1.165) is 22.3 Å². The number of guanidine groups is 1. The largest absolute Gasteiger partial charge is 0.496 e. The quantitative estimate of drug-likeness (QED) is 0.567. The third-order valence-electron chi connectivity index (χ3n) is 3.39.